The predicted molar refractivity (Wildman–Crippen MR) is 73.5 cm³/mol. The van der Waals surface area contributed by atoms with Gasteiger partial charge in [0.1, 0.15) is 5.76 Å². The molecule has 0 fully saturated rings. The molecule has 1 rings (SSSR count). The van der Waals surface area contributed by atoms with Crippen LogP contribution < -0.4 is 5.46 Å². The van der Waals surface area contributed by atoms with Crippen molar-refractivity contribution in [2.24, 2.45) is 0 Å². The fourth-order valence-electron chi connectivity index (χ4n) is 1.96. The number of ether oxygens (including phenoxy) is 1. The van der Waals surface area contributed by atoms with Gasteiger partial charge in [0.25, 0.3) is 0 Å². The topological polar surface area (TPSA) is 44.5 Å². The number of methoxy groups -OCH3 is 1. The van der Waals surface area contributed by atoms with E-state index >= 15 is 0 Å². The Hall–Kier alpha value is -0.805. The molecule has 0 atom stereocenters. The van der Waals surface area contributed by atoms with Crippen LogP contribution in [-0.4, -0.2) is 30.4 Å². The summed E-state index contributed by atoms with van der Waals surface area (Å²) in [6.07, 6.45) is 0. The van der Waals surface area contributed by atoms with E-state index in [1.165, 1.54) is 0 Å². The molecule has 1 aromatic rings. The van der Waals surface area contributed by atoms with E-state index in [0.717, 1.165) is 16.9 Å². The summed E-state index contributed by atoms with van der Waals surface area (Å²) >= 11 is 0. The van der Waals surface area contributed by atoms with Gasteiger partial charge >= 0.3 is 6.92 Å². The van der Waals surface area contributed by atoms with Gasteiger partial charge in [0.2, 0.25) is 0 Å². The predicted octanol–water partition coefficient (Wildman–Crippen LogP) is 2.34. The SMILES string of the molecule is COC(C)(C)C(C)(C)OB(C)c1c(C)noc1C. The van der Waals surface area contributed by atoms with Gasteiger partial charge in [0, 0.05) is 12.6 Å². The van der Waals surface area contributed by atoms with Crippen molar-refractivity contribution in [1.82, 2.24) is 5.16 Å². The van der Waals surface area contributed by atoms with Gasteiger partial charge in [0.05, 0.1) is 16.9 Å². The number of aryl methyl sites for hydroxylation is 2. The first-order chi connectivity index (χ1) is 8.12. The van der Waals surface area contributed by atoms with Crippen molar-refractivity contribution in [3.05, 3.63) is 11.5 Å². The van der Waals surface area contributed by atoms with E-state index in [-0.39, 0.29) is 12.5 Å². The van der Waals surface area contributed by atoms with Gasteiger partial charge in [-0.25, -0.2) is 0 Å². The number of nitrogens with zero attached hydrogens (tertiary/aromatic N) is 1. The number of hydrogen-bond acceptors (Lipinski definition) is 4. The number of rotatable bonds is 5. The van der Waals surface area contributed by atoms with Crippen LogP contribution in [0.2, 0.25) is 6.82 Å². The molecule has 0 saturated carbocycles. The van der Waals surface area contributed by atoms with Gasteiger partial charge in [-0.2, -0.15) is 0 Å². The maximum absolute atomic E-state index is 6.17. The summed E-state index contributed by atoms with van der Waals surface area (Å²) in [6, 6.07) is 0. The van der Waals surface area contributed by atoms with Crippen LogP contribution in [0.4, 0.5) is 0 Å². The van der Waals surface area contributed by atoms with Gasteiger partial charge in [-0.3, -0.25) is 0 Å². The van der Waals surface area contributed by atoms with Crippen LogP contribution in [0, 0.1) is 13.8 Å². The Morgan fingerprint density at radius 3 is 2.06 bits per heavy atom. The Balaban J connectivity index is 2.92. The van der Waals surface area contributed by atoms with E-state index in [1.54, 1.807) is 7.11 Å². The quantitative estimate of drug-likeness (QED) is 0.755. The third-order valence-corrected chi connectivity index (χ3v) is 3.93. The third kappa shape index (κ3) is 2.78. The van der Waals surface area contributed by atoms with Crippen LogP contribution in [-0.2, 0) is 9.39 Å². The van der Waals surface area contributed by atoms with Crippen LogP contribution in [0.15, 0.2) is 4.52 Å². The molecule has 0 aromatic carbocycles. The Morgan fingerprint density at radius 2 is 1.67 bits per heavy atom. The second kappa shape index (κ2) is 5.06. The monoisotopic (exact) mass is 253 g/mol. The second-order valence-electron chi connectivity index (χ2n) is 5.72. The molecule has 0 N–H and O–H groups in total. The Morgan fingerprint density at radius 1 is 1.11 bits per heavy atom. The van der Waals surface area contributed by atoms with Crippen molar-refractivity contribution in [3.8, 4) is 0 Å². The van der Waals surface area contributed by atoms with Crippen molar-refractivity contribution in [3.63, 3.8) is 0 Å². The normalized spacial score (nSPS) is 12.9. The van der Waals surface area contributed by atoms with Crippen LogP contribution in [0.25, 0.3) is 0 Å². The first-order valence-corrected chi connectivity index (χ1v) is 6.28. The van der Waals surface area contributed by atoms with Gasteiger partial charge in [-0.05, 0) is 41.5 Å². The molecule has 1 heterocycles. The molecule has 0 aliphatic rings. The Bertz CT molecular complexity index is 393. The van der Waals surface area contributed by atoms with Gasteiger partial charge in [-0.15, -0.1) is 0 Å². The molecule has 0 radical (unpaired) electrons. The molecule has 0 amide bonds. The maximum atomic E-state index is 6.17. The molecule has 18 heavy (non-hydrogen) atoms. The number of hydrogen-bond donors (Lipinski definition) is 0. The van der Waals surface area contributed by atoms with Crippen LogP contribution in [0.5, 0.6) is 0 Å². The fraction of sp³-hybridized carbons (Fsp3) is 0.769. The molecule has 0 unspecified atom stereocenters. The molecule has 5 heteroatoms. The fourth-order valence-corrected chi connectivity index (χ4v) is 1.96. The Labute approximate surface area is 110 Å². The van der Waals surface area contributed by atoms with E-state index in [0.29, 0.717) is 0 Å². The average molecular weight is 253 g/mol. The molecular formula is C13H24BNO3. The lowest BCUT2D eigenvalue weighted by molar-refractivity contribution is -0.116. The summed E-state index contributed by atoms with van der Waals surface area (Å²) < 4.78 is 16.9. The highest BCUT2D eigenvalue weighted by Gasteiger charge is 2.40. The molecule has 0 spiro atoms. The minimum Gasteiger partial charge on any atom is -0.423 e. The maximum Gasteiger partial charge on any atom is 0.329 e. The molecule has 1 aromatic heterocycles. The van der Waals surface area contributed by atoms with E-state index in [4.69, 9.17) is 13.9 Å². The molecule has 0 aliphatic carbocycles. The largest absolute Gasteiger partial charge is 0.423 e. The summed E-state index contributed by atoms with van der Waals surface area (Å²) in [6.45, 7) is 13.9. The van der Waals surface area contributed by atoms with Gasteiger partial charge in [0.15, 0.2) is 0 Å². The summed E-state index contributed by atoms with van der Waals surface area (Å²) in [7, 11) is 1.70. The van der Waals surface area contributed by atoms with Gasteiger partial charge in [-0.1, -0.05) is 12.0 Å². The molecule has 102 valence electrons. The molecule has 0 aliphatic heterocycles. The smallest absolute Gasteiger partial charge is 0.329 e. The highest BCUT2D eigenvalue weighted by molar-refractivity contribution is 6.67. The number of aromatic nitrogens is 1. The van der Waals surface area contributed by atoms with Crippen LogP contribution in [0.1, 0.15) is 39.1 Å². The third-order valence-electron chi connectivity index (χ3n) is 3.93. The molecule has 0 saturated heterocycles. The lowest BCUT2D eigenvalue weighted by Crippen LogP contribution is -2.53. The van der Waals surface area contributed by atoms with E-state index in [1.807, 2.05) is 48.4 Å². The summed E-state index contributed by atoms with van der Waals surface area (Å²) in [5, 5.41) is 3.96. The molecular weight excluding hydrogens is 229 g/mol. The van der Waals surface area contributed by atoms with Gasteiger partial charge < -0.3 is 13.9 Å². The zero-order valence-corrected chi connectivity index (χ0v) is 12.7. The highest BCUT2D eigenvalue weighted by Crippen LogP contribution is 2.29. The van der Waals surface area contributed by atoms with Crippen LogP contribution >= 0.6 is 0 Å². The summed E-state index contributed by atoms with van der Waals surface area (Å²) in [5.74, 6) is 0.811. The van der Waals surface area contributed by atoms with Crippen molar-refractivity contribution >= 4 is 12.4 Å². The van der Waals surface area contributed by atoms with Crippen molar-refractivity contribution < 1.29 is 13.9 Å². The van der Waals surface area contributed by atoms with Crippen molar-refractivity contribution in [2.45, 2.75) is 59.6 Å². The lowest BCUT2D eigenvalue weighted by atomic mass is 9.61. The van der Waals surface area contributed by atoms with Crippen molar-refractivity contribution in [1.29, 1.82) is 0 Å². The summed E-state index contributed by atoms with van der Waals surface area (Å²) in [4.78, 5) is 0. The minimum atomic E-state index is -0.419. The first kappa shape index (κ1) is 15.3. The van der Waals surface area contributed by atoms with E-state index in [9.17, 15) is 0 Å². The minimum absolute atomic E-state index is 0.0827. The standard InChI is InChI=1S/C13H24BNO3/c1-9-11(10(2)17-15-9)14(7)18-13(5,6)12(3,4)16-8/h1-8H3. The average Bonchev–Trinajstić information content (AvgIpc) is 2.57. The Kier molecular flexibility index (Phi) is 4.28. The van der Waals surface area contributed by atoms with E-state index in [2.05, 4.69) is 5.16 Å². The lowest BCUT2D eigenvalue weighted by Gasteiger charge is -2.42. The van der Waals surface area contributed by atoms with Crippen molar-refractivity contribution in [2.75, 3.05) is 7.11 Å². The zero-order chi connectivity index (χ0) is 14.1. The van der Waals surface area contributed by atoms with E-state index < -0.39 is 5.60 Å². The summed E-state index contributed by atoms with van der Waals surface area (Å²) in [5.41, 5.74) is 1.11. The van der Waals surface area contributed by atoms with Crippen LogP contribution in [0.3, 0.4) is 0 Å². The zero-order valence-electron chi connectivity index (χ0n) is 12.7. The molecule has 0 bridgehead atoms. The highest BCUT2D eigenvalue weighted by atomic mass is 16.5. The molecule has 4 nitrogen and oxygen atoms in total. The second-order valence-corrected chi connectivity index (χ2v) is 5.72. The first-order valence-electron chi connectivity index (χ1n) is 6.28.